The molecule has 0 radical (unpaired) electrons. The van der Waals surface area contributed by atoms with Crippen LogP contribution in [0.3, 0.4) is 0 Å². The molecule has 2 aromatic rings. The fourth-order valence-electron chi connectivity index (χ4n) is 1.59. The number of hydrogen-bond donors (Lipinski definition) is 0. The Morgan fingerprint density at radius 3 is 2.50 bits per heavy atom. The summed E-state index contributed by atoms with van der Waals surface area (Å²) in [6.45, 7) is 3.99. The van der Waals surface area contributed by atoms with Crippen molar-refractivity contribution in [2.45, 2.75) is 13.8 Å². The molecule has 3 heteroatoms. The van der Waals surface area contributed by atoms with Crippen LogP contribution in [-0.4, -0.2) is 0 Å². The second-order valence-electron chi connectivity index (χ2n) is 4.13. The molecule has 0 aliphatic carbocycles. The van der Waals surface area contributed by atoms with E-state index in [2.05, 4.69) is 0 Å². The van der Waals surface area contributed by atoms with Crippen molar-refractivity contribution >= 4 is 11.6 Å². The topological polar surface area (TPSA) is 33.0 Å². The van der Waals surface area contributed by atoms with Crippen LogP contribution in [-0.2, 0) is 0 Å². The first kappa shape index (κ1) is 12.5. The fourth-order valence-corrected chi connectivity index (χ4v) is 1.81. The van der Waals surface area contributed by atoms with Crippen LogP contribution < -0.4 is 4.74 Å². The van der Waals surface area contributed by atoms with E-state index in [1.165, 1.54) is 0 Å². The summed E-state index contributed by atoms with van der Waals surface area (Å²) >= 11 is 6.07. The minimum absolute atomic E-state index is 0.440. The van der Waals surface area contributed by atoms with E-state index in [9.17, 15) is 0 Å². The van der Waals surface area contributed by atoms with Crippen LogP contribution in [0.5, 0.6) is 11.5 Å². The zero-order valence-electron chi connectivity index (χ0n) is 10.2. The van der Waals surface area contributed by atoms with E-state index in [1.807, 2.05) is 38.1 Å². The lowest BCUT2D eigenvalue weighted by Gasteiger charge is -2.10. The minimum atomic E-state index is 0.440. The first-order valence-electron chi connectivity index (χ1n) is 5.55. The van der Waals surface area contributed by atoms with Gasteiger partial charge in [0, 0.05) is 0 Å². The van der Waals surface area contributed by atoms with E-state index >= 15 is 0 Å². The highest BCUT2D eigenvalue weighted by molar-refractivity contribution is 6.32. The Labute approximate surface area is 111 Å². The van der Waals surface area contributed by atoms with Gasteiger partial charge in [-0.3, -0.25) is 0 Å². The summed E-state index contributed by atoms with van der Waals surface area (Å²) in [5, 5.41) is 9.21. The molecule has 0 aromatic heterocycles. The second-order valence-corrected chi connectivity index (χ2v) is 4.54. The van der Waals surface area contributed by atoms with Gasteiger partial charge in [0.05, 0.1) is 16.7 Å². The van der Waals surface area contributed by atoms with Crippen LogP contribution in [0.2, 0.25) is 5.02 Å². The van der Waals surface area contributed by atoms with Crippen molar-refractivity contribution in [3.8, 4) is 17.6 Å². The average Bonchev–Trinajstić information content (AvgIpc) is 2.36. The van der Waals surface area contributed by atoms with E-state index in [0.717, 1.165) is 16.9 Å². The summed E-state index contributed by atoms with van der Waals surface area (Å²) in [6, 6.07) is 13.0. The molecule has 0 spiro atoms. The van der Waals surface area contributed by atoms with Crippen LogP contribution in [0.25, 0.3) is 0 Å². The van der Waals surface area contributed by atoms with E-state index in [4.69, 9.17) is 21.6 Å². The van der Waals surface area contributed by atoms with Crippen LogP contribution >= 0.6 is 11.6 Å². The third kappa shape index (κ3) is 2.64. The Hall–Kier alpha value is -1.98. The Kier molecular flexibility index (Phi) is 3.55. The molecule has 18 heavy (non-hydrogen) atoms. The summed E-state index contributed by atoms with van der Waals surface area (Å²) < 4.78 is 5.78. The smallest absolute Gasteiger partial charge is 0.146 e. The van der Waals surface area contributed by atoms with Crippen LogP contribution in [0.1, 0.15) is 16.7 Å². The molecule has 2 nitrogen and oxygen atoms in total. The molecule has 0 heterocycles. The maximum atomic E-state index is 8.77. The van der Waals surface area contributed by atoms with E-state index in [-0.39, 0.29) is 0 Å². The Morgan fingerprint density at radius 1 is 1.06 bits per heavy atom. The second kappa shape index (κ2) is 5.12. The number of aryl methyl sites for hydroxylation is 2. The molecule has 0 atom stereocenters. The van der Waals surface area contributed by atoms with Gasteiger partial charge in [-0.15, -0.1) is 0 Å². The van der Waals surface area contributed by atoms with Crippen molar-refractivity contribution in [1.29, 1.82) is 5.26 Å². The molecule has 90 valence electrons. The molecule has 0 saturated heterocycles. The van der Waals surface area contributed by atoms with Crippen LogP contribution in [0.15, 0.2) is 36.4 Å². The third-order valence-corrected chi connectivity index (χ3v) is 2.92. The lowest BCUT2D eigenvalue weighted by atomic mass is 10.1. The predicted molar refractivity (Wildman–Crippen MR) is 72.2 cm³/mol. The number of nitriles is 1. The van der Waals surface area contributed by atoms with Gasteiger partial charge in [-0.05, 0) is 49.2 Å². The highest BCUT2D eigenvalue weighted by Gasteiger charge is 2.06. The third-order valence-electron chi connectivity index (χ3n) is 2.62. The monoisotopic (exact) mass is 257 g/mol. The largest absolute Gasteiger partial charge is 0.456 e. The van der Waals surface area contributed by atoms with Crippen molar-refractivity contribution < 1.29 is 4.74 Å². The number of nitrogens with zero attached hydrogens (tertiary/aromatic N) is 1. The summed E-state index contributed by atoms with van der Waals surface area (Å²) in [4.78, 5) is 0. The lowest BCUT2D eigenvalue weighted by molar-refractivity contribution is 0.478. The molecule has 0 fully saturated rings. The maximum Gasteiger partial charge on any atom is 0.146 e. The molecule has 0 amide bonds. The van der Waals surface area contributed by atoms with Gasteiger partial charge < -0.3 is 4.74 Å². The van der Waals surface area contributed by atoms with E-state index in [1.54, 1.807) is 18.2 Å². The fraction of sp³-hybridized carbons (Fsp3) is 0.133. The molecular weight excluding hydrogens is 246 g/mol. The zero-order valence-corrected chi connectivity index (χ0v) is 11.0. The zero-order chi connectivity index (χ0) is 13.1. The standard InChI is InChI=1S/C15H12ClNO/c1-10-3-4-11(2)15(7-10)18-14-6-5-12(9-17)8-13(14)16/h3-8H,1-2H3. The van der Waals surface area contributed by atoms with Crippen LogP contribution in [0.4, 0.5) is 0 Å². The molecular formula is C15H12ClNO. The van der Waals surface area contributed by atoms with Gasteiger partial charge in [0.15, 0.2) is 0 Å². The molecule has 0 aliphatic heterocycles. The van der Waals surface area contributed by atoms with E-state index < -0.39 is 0 Å². The van der Waals surface area contributed by atoms with Gasteiger partial charge in [-0.2, -0.15) is 5.26 Å². The van der Waals surface area contributed by atoms with Gasteiger partial charge >= 0.3 is 0 Å². The lowest BCUT2D eigenvalue weighted by Crippen LogP contribution is -1.90. The number of rotatable bonds is 2. The van der Waals surface area contributed by atoms with Crippen molar-refractivity contribution in [2.24, 2.45) is 0 Å². The molecule has 0 aliphatic rings. The van der Waals surface area contributed by atoms with Gasteiger partial charge in [0.25, 0.3) is 0 Å². The normalized spacial score (nSPS) is 9.89. The molecule has 0 bridgehead atoms. The summed E-state index contributed by atoms with van der Waals surface area (Å²) in [6.07, 6.45) is 0. The molecule has 0 unspecified atom stereocenters. The quantitative estimate of drug-likeness (QED) is 0.786. The van der Waals surface area contributed by atoms with Crippen LogP contribution in [0, 0.1) is 25.2 Å². The van der Waals surface area contributed by atoms with Gasteiger partial charge in [0.2, 0.25) is 0 Å². The molecule has 0 N–H and O–H groups in total. The highest BCUT2D eigenvalue weighted by Crippen LogP contribution is 2.32. The van der Waals surface area contributed by atoms with Gasteiger partial charge in [-0.1, -0.05) is 23.7 Å². The molecule has 2 aromatic carbocycles. The Bertz CT molecular complexity index is 629. The maximum absolute atomic E-state index is 8.77. The predicted octanol–water partition coefficient (Wildman–Crippen LogP) is 4.62. The van der Waals surface area contributed by atoms with Crippen molar-refractivity contribution in [3.05, 3.63) is 58.1 Å². The Balaban J connectivity index is 2.34. The summed E-state index contributed by atoms with van der Waals surface area (Å²) in [5.41, 5.74) is 2.69. The minimum Gasteiger partial charge on any atom is -0.456 e. The summed E-state index contributed by atoms with van der Waals surface area (Å²) in [7, 11) is 0. The Morgan fingerprint density at radius 2 is 1.83 bits per heavy atom. The number of halogens is 1. The van der Waals surface area contributed by atoms with Crippen molar-refractivity contribution in [1.82, 2.24) is 0 Å². The van der Waals surface area contributed by atoms with Gasteiger partial charge in [0.1, 0.15) is 11.5 Å². The first-order valence-corrected chi connectivity index (χ1v) is 5.92. The number of hydrogen-bond acceptors (Lipinski definition) is 2. The van der Waals surface area contributed by atoms with Gasteiger partial charge in [-0.25, -0.2) is 0 Å². The molecule has 2 rings (SSSR count). The molecule has 0 saturated carbocycles. The van der Waals surface area contributed by atoms with Crippen molar-refractivity contribution in [2.75, 3.05) is 0 Å². The van der Waals surface area contributed by atoms with Crippen molar-refractivity contribution in [3.63, 3.8) is 0 Å². The number of ether oxygens (including phenoxy) is 1. The SMILES string of the molecule is Cc1ccc(C)c(Oc2ccc(C#N)cc2Cl)c1. The number of benzene rings is 2. The summed E-state index contributed by atoms with van der Waals surface area (Å²) in [5.74, 6) is 1.34. The first-order chi connectivity index (χ1) is 8.60. The van der Waals surface area contributed by atoms with E-state index in [0.29, 0.717) is 16.3 Å². The average molecular weight is 258 g/mol. The highest BCUT2D eigenvalue weighted by atomic mass is 35.5.